The minimum Gasteiger partial charge on any atom is -0.494 e. The Morgan fingerprint density at radius 1 is 1.16 bits per heavy atom. The summed E-state index contributed by atoms with van der Waals surface area (Å²) in [5, 5.41) is 3.63. The Balaban J connectivity index is 2.45. The lowest BCUT2D eigenvalue weighted by atomic mass is 10.1. The second-order valence-electron chi connectivity index (χ2n) is 4.87. The van der Waals surface area contributed by atoms with Crippen molar-refractivity contribution in [2.75, 3.05) is 18.1 Å². The van der Waals surface area contributed by atoms with E-state index < -0.39 is 0 Å². The van der Waals surface area contributed by atoms with Gasteiger partial charge in [0.2, 0.25) is 0 Å². The van der Waals surface area contributed by atoms with Crippen molar-refractivity contribution in [3.63, 3.8) is 0 Å². The molecule has 0 saturated carbocycles. The molecule has 19 heavy (non-hydrogen) atoms. The van der Waals surface area contributed by atoms with E-state index in [0.717, 1.165) is 18.8 Å². The molecule has 2 nitrogen and oxygen atoms in total. The molecule has 3 heteroatoms. The number of ether oxygens (including phenoxy) is 1. The highest BCUT2D eigenvalue weighted by Gasteiger charge is 2.09. The quantitative estimate of drug-likeness (QED) is 0.730. The molecule has 0 aliphatic carbocycles. The molecule has 1 aromatic carbocycles. The number of hydrogen-bond donors (Lipinski definition) is 1. The lowest BCUT2D eigenvalue weighted by Gasteiger charge is -2.20. The van der Waals surface area contributed by atoms with Gasteiger partial charge in [-0.1, -0.05) is 26.0 Å². The van der Waals surface area contributed by atoms with Crippen molar-refractivity contribution in [2.24, 2.45) is 0 Å². The molecular formula is C16H27NOS. The molecule has 2 unspecified atom stereocenters. The Labute approximate surface area is 122 Å². The van der Waals surface area contributed by atoms with Gasteiger partial charge in [-0.25, -0.2) is 0 Å². The fourth-order valence-electron chi connectivity index (χ4n) is 1.94. The van der Waals surface area contributed by atoms with Gasteiger partial charge in [-0.2, -0.15) is 11.8 Å². The Morgan fingerprint density at radius 3 is 2.42 bits per heavy atom. The predicted octanol–water partition coefficient (Wildman–Crippen LogP) is 4.27. The molecule has 0 heterocycles. The Morgan fingerprint density at radius 2 is 1.84 bits per heavy atom. The maximum atomic E-state index is 5.60. The van der Waals surface area contributed by atoms with E-state index in [0.29, 0.717) is 12.1 Å². The SMILES string of the molecule is CCCOc1ccc(C(C)NC(C)CSCC)cc1. The van der Waals surface area contributed by atoms with E-state index in [2.05, 4.69) is 57.3 Å². The van der Waals surface area contributed by atoms with E-state index in [1.807, 2.05) is 11.8 Å². The van der Waals surface area contributed by atoms with E-state index in [9.17, 15) is 0 Å². The molecule has 0 amide bonds. The summed E-state index contributed by atoms with van der Waals surface area (Å²) < 4.78 is 5.60. The molecule has 0 bridgehead atoms. The fourth-order valence-corrected chi connectivity index (χ4v) is 2.62. The van der Waals surface area contributed by atoms with Crippen LogP contribution in [-0.2, 0) is 0 Å². The van der Waals surface area contributed by atoms with E-state index in [1.165, 1.54) is 17.1 Å². The van der Waals surface area contributed by atoms with Crippen LogP contribution in [0.25, 0.3) is 0 Å². The zero-order chi connectivity index (χ0) is 14.1. The molecule has 1 N–H and O–H groups in total. The maximum Gasteiger partial charge on any atom is 0.119 e. The normalized spacial score (nSPS) is 14.1. The summed E-state index contributed by atoms with van der Waals surface area (Å²) >= 11 is 1.98. The van der Waals surface area contributed by atoms with Crippen molar-refractivity contribution < 1.29 is 4.74 Å². The van der Waals surface area contributed by atoms with Gasteiger partial charge in [-0.15, -0.1) is 0 Å². The van der Waals surface area contributed by atoms with Gasteiger partial charge in [0.05, 0.1) is 6.61 Å². The topological polar surface area (TPSA) is 21.3 Å². The van der Waals surface area contributed by atoms with Gasteiger partial charge in [0.25, 0.3) is 0 Å². The summed E-state index contributed by atoms with van der Waals surface area (Å²) in [7, 11) is 0. The Hall–Kier alpha value is -0.670. The highest BCUT2D eigenvalue weighted by Crippen LogP contribution is 2.18. The average Bonchev–Trinajstić information content (AvgIpc) is 2.43. The molecule has 0 aromatic heterocycles. The van der Waals surface area contributed by atoms with Crippen LogP contribution in [0, 0.1) is 0 Å². The highest BCUT2D eigenvalue weighted by atomic mass is 32.2. The molecule has 1 aromatic rings. The summed E-state index contributed by atoms with van der Waals surface area (Å²) in [6.07, 6.45) is 1.05. The molecular weight excluding hydrogens is 254 g/mol. The van der Waals surface area contributed by atoms with Crippen LogP contribution in [0.5, 0.6) is 5.75 Å². The van der Waals surface area contributed by atoms with Crippen LogP contribution in [-0.4, -0.2) is 24.2 Å². The van der Waals surface area contributed by atoms with Gasteiger partial charge in [-0.3, -0.25) is 0 Å². The van der Waals surface area contributed by atoms with Crippen LogP contribution >= 0.6 is 11.8 Å². The van der Waals surface area contributed by atoms with Gasteiger partial charge in [0.1, 0.15) is 5.75 Å². The lowest BCUT2D eigenvalue weighted by Crippen LogP contribution is -2.30. The Bertz CT molecular complexity index is 339. The number of rotatable bonds is 9. The van der Waals surface area contributed by atoms with Crippen LogP contribution in [0.15, 0.2) is 24.3 Å². The van der Waals surface area contributed by atoms with Crippen LogP contribution < -0.4 is 10.1 Å². The predicted molar refractivity (Wildman–Crippen MR) is 86.2 cm³/mol. The summed E-state index contributed by atoms with van der Waals surface area (Å²) in [4.78, 5) is 0. The van der Waals surface area contributed by atoms with Gasteiger partial charge < -0.3 is 10.1 Å². The fraction of sp³-hybridized carbons (Fsp3) is 0.625. The minimum atomic E-state index is 0.382. The first-order valence-corrected chi connectivity index (χ1v) is 8.39. The average molecular weight is 281 g/mol. The lowest BCUT2D eigenvalue weighted by molar-refractivity contribution is 0.317. The number of benzene rings is 1. The molecule has 0 aliphatic rings. The van der Waals surface area contributed by atoms with Gasteiger partial charge in [0, 0.05) is 17.8 Å². The molecule has 1 rings (SSSR count). The van der Waals surface area contributed by atoms with E-state index in [1.54, 1.807) is 0 Å². The maximum absolute atomic E-state index is 5.60. The largest absolute Gasteiger partial charge is 0.494 e. The summed E-state index contributed by atoms with van der Waals surface area (Å²) in [5.41, 5.74) is 1.32. The van der Waals surface area contributed by atoms with Crippen LogP contribution in [0.1, 0.15) is 45.7 Å². The summed E-state index contributed by atoms with van der Waals surface area (Å²) in [6.45, 7) is 9.58. The first-order valence-electron chi connectivity index (χ1n) is 7.23. The first kappa shape index (κ1) is 16.4. The third-order valence-corrected chi connectivity index (χ3v) is 4.10. The van der Waals surface area contributed by atoms with Crippen LogP contribution in [0.4, 0.5) is 0 Å². The molecule has 0 saturated heterocycles. The van der Waals surface area contributed by atoms with E-state index in [4.69, 9.17) is 4.74 Å². The number of thioether (sulfide) groups is 1. The second-order valence-corrected chi connectivity index (χ2v) is 6.19. The first-order chi connectivity index (χ1) is 9.17. The van der Waals surface area contributed by atoms with Crippen LogP contribution in [0.3, 0.4) is 0 Å². The van der Waals surface area contributed by atoms with Gasteiger partial charge >= 0.3 is 0 Å². The van der Waals surface area contributed by atoms with Crippen LogP contribution in [0.2, 0.25) is 0 Å². The van der Waals surface area contributed by atoms with Crippen molar-refractivity contribution in [2.45, 2.75) is 46.2 Å². The minimum absolute atomic E-state index is 0.382. The molecule has 0 fully saturated rings. The second kappa shape index (κ2) is 9.27. The Kier molecular flexibility index (Phi) is 7.99. The monoisotopic (exact) mass is 281 g/mol. The van der Waals surface area contributed by atoms with Crippen molar-refractivity contribution >= 4 is 11.8 Å². The molecule has 2 atom stereocenters. The standard InChI is InChI=1S/C16H27NOS/c1-5-11-18-16-9-7-15(8-10-16)14(4)17-13(3)12-19-6-2/h7-10,13-14,17H,5-6,11-12H2,1-4H3. The number of nitrogens with one attached hydrogen (secondary N) is 1. The van der Waals surface area contributed by atoms with Crippen molar-refractivity contribution in [3.05, 3.63) is 29.8 Å². The zero-order valence-corrected chi connectivity index (χ0v) is 13.4. The van der Waals surface area contributed by atoms with Crippen molar-refractivity contribution in [3.8, 4) is 5.75 Å². The molecule has 0 spiro atoms. The molecule has 0 radical (unpaired) electrons. The highest BCUT2D eigenvalue weighted by molar-refractivity contribution is 7.99. The van der Waals surface area contributed by atoms with E-state index >= 15 is 0 Å². The molecule has 108 valence electrons. The number of hydrogen-bond acceptors (Lipinski definition) is 3. The van der Waals surface area contributed by atoms with Gasteiger partial charge in [-0.05, 0) is 43.7 Å². The summed E-state index contributed by atoms with van der Waals surface area (Å²) in [5.74, 6) is 3.31. The van der Waals surface area contributed by atoms with Crippen molar-refractivity contribution in [1.82, 2.24) is 5.32 Å². The zero-order valence-electron chi connectivity index (χ0n) is 12.6. The third kappa shape index (κ3) is 6.35. The smallest absolute Gasteiger partial charge is 0.119 e. The summed E-state index contributed by atoms with van der Waals surface area (Å²) in [6, 6.07) is 9.36. The molecule has 0 aliphatic heterocycles. The van der Waals surface area contributed by atoms with Crippen molar-refractivity contribution in [1.29, 1.82) is 0 Å². The van der Waals surface area contributed by atoms with E-state index in [-0.39, 0.29) is 0 Å². The third-order valence-electron chi connectivity index (χ3n) is 2.96. The van der Waals surface area contributed by atoms with Gasteiger partial charge in [0.15, 0.2) is 0 Å².